The van der Waals surface area contributed by atoms with Gasteiger partial charge in [0.1, 0.15) is 5.75 Å². The van der Waals surface area contributed by atoms with Gasteiger partial charge in [0.15, 0.2) is 0 Å². The highest BCUT2D eigenvalue weighted by Crippen LogP contribution is 2.28. The van der Waals surface area contributed by atoms with E-state index in [0.29, 0.717) is 0 Å². The van der Waals surface area contributed by atoms with E-state index in [1.165, 1.54) is 11.3 Å². The standard InChI is InChI=1S/C11H15NOS/c1-13-9-2-4-10(5-3-9)14-11-6-7-12-8-11/h2-5,11-12H,6-8H2,1H3. The molecule has 1 fully saturated rings. The molecule has 0 amide bonds. The van der Waals surface area contributed by atoms with Crippen molar-refractivity contribution in [1.82, 2.24) is 5.32 Å². The quantitative estimate of drug-likeness (QED) is 0.824. The smallest absolute Gasteiger partial charge is 0.118 e. The van der Waals surface area contributed by atoms with Crippen molar-refractivity contribution >= 4 is 11.8 Å². The predicted octanol–water partition coefficient (Wildman–Crippen LogP) is 2.15. The number of thioether (sulfide) groups is 1. The summed E-state index contributed by atoms with van der Waals surface area (Å²) in [4.78, 5) is 1.33. The lowest BCUT2D eigenvalue weighted by Crippen LogP contribution is -2.09. The van der Waals surface area contributed by atoms with Crippen LogP contribution in [0.1, 0.15) is 6.42 Å². The van der Waals surface area contributed by atoms with Gasteiger partial charge in [-0.05, 0) is 37.2 Å². The first kappa shape index (κ1) is 9.87. The van der Waals surface area contributed by atoms with Gasteiger partial charge in [-0.1, -0.05) is 0 Å². The molecule has 0 bridgehead atoms. The van der Waals surface area contributed by atoms with Crippen molar-refractivity contribution in [2.24, 2.45) is 0 Å². The lowest BCUT2D eigenvalue weighted by atomic mass is 10.3. The van der Waals surface area contributed by atoms with Gasteiger partial charge in [-0.3, -0.25) is 0 Å². The third kappa shape index (κ3) is 2.42. The molecule has 1 heterocycles. The van der Waals surface area contributed by atoms with Crippen LogP contribution in [0.3, 0.4) is 0 Å². The van der Waals surface area contributed by atoms with Crippen LogP contribution in [0.5, 0.6) is 5.75 Å². The summed E-state index contributed by atoms with van der Waals surface area (Å²) in [6, 6.07) is 8.29. The molecule has 1 aromatic rings. The fourth-order valence-corrected chi connectivity index (χ4v) is 2.69. The molecule has 1 unspecified atom stereocenters. The minimum atomic E-state index is 0.739. The van der Waals surface area contributed by atoms with E-state index in [9.17, 15) is 0 Å². The number of benzene rings is 1. The molecule has 14 heavy (non-hydrogen) atoms. The van der Waals surface area contributed by atoms with Crippen LogP contribution < -0.4 is 10.1 Å². The average molecular weight is 209 g/mol. The van der Waals surface area contributed by atoms with Gasteiger partial charge in [-0.25, -0.2) is 0 Å². The summed E-state index contributed by atoms with van der Waals surface area (Å²) in [5.41, 5.74) is 0. The van der Waals surface area contributed by atoms with Crippen molar-refractivity contribution in [1.29, 1.82) is 0 Å². The Bertz CT molecular complexity index is 280. The maximum atomic E-state index is 5.12. The lowest BCUT2D eigenvalue weighted by Gasteiger charge is -2.08. The fraction of sp³-hybridized carbons (Fsp3) is 0.455. The average Bonchev–Trinajstić information content (AvgIpc) is 2.72. The maximum absolute atomic E-state index is 5.12. The zero-order chi connectivity index (χ0) is 9.80. The Morgan fingerprint density at radius 3 is 2.71 bits per heavy atom. The van der Waals surface area contributed by atoms with E-state index in [1.807, 2.05) is 23.9 Å². The van der Waals surface area contributed by atoms with Crippen molar-refractivity contribution < 1.29 is 4.74 Å². The number of ether oxygens (including phenoxy) is 1. The molecule has 0 saturated carbocycles. The molecule has 0 radical (unpaired) electrons. The van der Waals surface area contributed by atoms with Crippen LogP contribution in [0.2, 0.25) is 0 Å². The predicted molar refractivity (Wildman–Crippen MR) is 60.1 cm³/mol. The monoisotopic (exact) mass is 209 g/mol. The van der Waals surface area contributed by atoms with Gasteiger partial charge < -0.3 is 10.1 Å². The highest BCUT2D eigenvalue weighted by Gasteiger charge is 2.15. The zero-order valence-corrected chi connectivity index (χ0v) is 9.14. The van der Waals surface area contributed by atoms with E-state index >= 15 is 0 Å². The van der Waals surface area contributed by atoms with Crippen LogP contribution in [0.15, 0.2) is 29.2 Å². The molecule has 2 rings (SSSR count). The van der Waals surface area contributed by atoms with Crippen LogP contribution in [0, 0.1) is 0 Å². The largest absolute Gasteiger partial charge is 0.497 e. The summed E-state index contributed by atoms with van der Waals surface area (Å²) in [6.45, 7) is 2.30. The van der Waals surface area contributed by atoms with E-state index in [4.69, 9.17) is 4.74 Å². The second-order valence-corrected chi connectivity index (χ2v) is 4.78. The van der Waals surface area contributed by atoms with Gasteiger partial charge in [0.05, 0.1) is 7.11 Å². The Kier molecular flexibility index (Phi) is 3.32. The molecule has 76 valence electrons. The molecule has 0 aliphatic carbocycles. The first-order valence-electron chi connectivity index (χ1n) is 4.90. The van der Waals surface area contributed by atoms with Gasteiger partial charge in [0.2, 0.25) is 0 Å². The van der Waals surface area contributed by atoms with Crippen LogP contribution in [0.4, 0.5) is 0 Å². The highest BCUT2D eigenvalue weighted by atomic mass is 32.2. The molecule has 3 heteroatoms. The minimum Gasteiger partial charge on any atom is -0.497 e. The number of hydrogen-bond donors (Lipinski definition) is 1. The molecule has 0 aromatic heterocycles. The number of hydrogen-bond acceptors (Lipinski definition) is 3. The Morgan fingerprint density at radius 2 is 2.14 bits per heavy atom. The fourth-order valence-electron chi connectivity index (χ4n) is 1.58. The number of nitrogens with one attached hydrogen (secondary N) is 1. The van der Waals surface area contributed by atoms with Gasteiger partial charge in [-0.2, -0.15) is 0 Å². The normalized spacial score (nSPS) is 21.1. The van der Waals surface area contributed by atoms with Gasteiger partial charge in [0.25, 0.3) is 0 Å². The third-order valence-corrected chi connectivity index (χ3v) is 3.66. The molecule has 1 aromatic carbocycles. The number of rotatable bonds is 3. The summed E-state index contributed by atoms with van der Waals surface area (Å²) in [5.74, 6) is 0.930. The molecule has 2 nitrogen and oxygen atoms in total. The van der Waals surface area contributed by atoms with Crippen LogP contribution in [-0.4, -0.2) is 25.4 Å². The SMILES string of the molecule is COc1ccc(SC2CCNC2)cc1. The van der Waals surface area contributed by atoms with E-state index in [0.717, 1.165) is 24.1 Å². The first-order chi connectivity index (χ1) is 6.88. The lowest BCUT2D eigenvalue weighted by molar-refractivity contribution is 0.414. The summed E-state index contributed by atoms with van der Waals surface area (Å²) >= 11 is 1.95. The molecule has 1 N–H and O–H groups in total. The van der Waals surface area contributed by atoms with E-state index < -0.39 is 0 Å². The van der Waals surface area contributed by atoms with Gasteiger partial charge >= 0.3 is 0 Å². The topological polar surface area (TPSA) is 21.3 Å². The first-order valence-corrected chi connectivity index (χ1v) is 5.78. The Morgan fingerprint density at radius 1 is 1.36 bits per heavy atom. The Balaban J connectivity index is 1.95. The summed E-state index contributed by atoms with van der Waals surface area (Å²) in [6.07, 6.45) is 1.27. The van der Waals surface area contributed by atoms with Crippen molar-refractivity contribution in [2.45, 2.75) is 16.6 Å². The molecule has 1 atom stereocenters. The second kappa shape index (κ2) is 4.71. The summed E-state index contributed by atoms with van der Waals surface area (Å²) in [5, 5.41) is 4.11. The van der Waals surface area contributed by atoms with Crippen LogP contribution in [0.25, 0.3) is 0 Å². The van der Waals surface area contributed by atoms with Crippen LogP contribution >= 0.6 is 11.8 Å². The van der Waals surface area contributed by atoms with E-state index in [-0.39, 0.29) is 0 Å². The molecule has 1 aliphatic rings. The highest BCUT2D eigenvalue weighted by molar-refractivity contribution is 8.00. The van der Waals surface area contributed by atoms with Crippen molar-refractivity contribution in [3.63, 3.8) is 0 Å². The zero-order valence-electron chi connectivity index (χ0n) is 8.32. The molecular formula is C11H15NOS. The molecule has 1 saturated heterocycles. The minimum absolute atomic E-state index is 0.739. The Labute approximate surface area is 89.0 Å². The van der Waals surface area contributed by atoms with E-state index in [1.54, 1.807) is 7.11 Å². The maximum Gasteiger partial charge on any atom is 0.118 e. The number of methoxy groups -OCH3 is 1. The summed E-state index contributed by atoms with van der Waals surface area (Å²) in [7, 11) is 1.70. The van der Waals surface area contributed by atoms with Crippen LogP contribution in [-0.2, 0) is 0 Å². The van der Waals surface area contributed by atoms with Gasteiger partial charge in [0, 0.05) is 16.7 Å². The van der Waals surface area contributed by atoms with E-state index in [2.05, 4.69) is 17.4 Å². The molecule has 0 spiro atoms. The third-order valence-electron chi connectivity index (χ3n) is 2.38. The molecular weight excluding hydrogens is 194 g/mol. The van der Waals surface area contributed by atoms with Crippen molar-refractivity contribution in [3.05, 3.63) is 24.3 Å². The Hall–Kier alpha value is -0.670. The van der Waals surface area contributed by atoms with Crippen molar-refractivity contribution in [3.8, 4) is 5.75 Å². The van der Waals surface area contributed by atoms with Gasteiger partial charge in [-0.15, -0.1) is 11.8 Å². The molecule has 1 aliphatic heterocycles. The van der Waals surface area contributed by atoms with Crippen molar-refractivity contribution in [2.75, 3.05) is 20.2 Å². The second-order valence-electron chi connectivity index (χ2n) is 3.41. The summed E-state index contributed by atoms with van der Waals surface area (Å²) < 4.78 is 5.12.